The molecule has 1 aromatic carbocycles. The van der Waals surface area contributed by atoms with E-state index in [9.17, 15) is 0 Å². The molecule has 2 heterocycles. The van der Waals surface area contributed by atoms with Crippen LogP contribution in [0.5, 0.6) is 0 Å². The Morgan fingerprint density at radius 3 is 2.71 bits per heavy atom. The lowest BCUT2D eigenvalue weighted by Gasteiger charge is -2.62. The van der Waals surface area contributed by atoms with Crippen molar-refractivity contribution in [3.63, 3.8) is 0 Å². The van der Waals surface area contributed by atoms with Crippen molar-refractivity contribution in [2.45, 2.75) is 26.2 Å². The van der Waals surface area contributed by atoms with Gasteiger partial charge in [-0.3, -0.25) is 0 Å². The number of aryl methyl sites for hydroxylation is 1. The van der Waals surface area contributed by atoms with E-state index < -0.39 is 8.29 Å². The molecule has 0 aliphatic carbocycles. The van der Waals surface area contributed by atoms with Crippen LogP contribution in [0.4, 0.5) is 0 Å². The minimum Gasteiger partial charge on any atom is -0.388 e. The van der Waals surface area contributed by atoms with Crippen LogP contribution in [0.3, 0.4) is 0 Å². The smallest absolute Gasteiger partial charge is 0.0338 e. The largest absolute Gasteiger partial charge is 0.388 e. The van der Waals surface area contributed by atoms with Crippen molar-refractivity contribution in [3.8, 4) is 0 Å². The first-order valence-electron chi connectivity index (χ1n) is 7.98. The molecule has 2 aliphatic heterocycles. The van der Waals surface area contributed by atoms with Gasteiger partial charge in [0.1, 0.15) is 0 Å². The Balaban J connectivity index is 1.96. The van der Waals surface area contributed by atoms with Gasteiger partial charge in [-0.05, 0) is 69.9 Å². The summed E-state index contributed by atoms with van der Waals surface area (Å²) in [6, 6.07) is 6.90. The maximum Gasteiger partial charge on any atom is 0.0338 e. The van der Waals surface area contributed by atoms with Gasteiger partial charge in [0.05, 0.1) is 0 Å². The van der Waals surface area contributed by atoms with E-state index in [1.54, 1.807) is 4.91 Å². The normalized spacial score (nSPS) is 27.0. The van der Waals surface area contributed by atoms with Crippen LogP contribution >= 0.6 is 8.29 Å². The highest BCUT2D eigenvalue weighted by Crippen LogP contribution is 3.01. The molecule has 0 saturated carbocycles. The zero-order valence-electron chi connectivity index (χ0n) is 14.0. The average molecular weight is 304 g/mol. The van der Waals surface area contributed by atoms with Gasteiger partial charge in [0, 0.05) is 19.2 Å². The molecule has 1 aromatic rings. The van der Waals surface area contributed by atoms with Crippen LogP contribution in [0, 0.1) is 0 Å². The van der Waals surface area contributed by atoms with Gasteiger partial charge >= 0.3 is 0 Å². The summed E-state index contributed by atoms with van der Waals surface area (Å²) in [5.41, 5.74) is 5.31. The molecular formula is C19H29NS. The fraction of sp³-hybridized carbons (Fsp3) is 0.474. The molecule has 1 N–H and O–H groups in total. The van der Waals surface area contributed by atoms with Crippen molar-refractivity contribution in [2.75, 3.05) is 31.1 Å². The zero-order valence-corrected chi connectivity index (χ0v) is 14.8. The Labute approximate surface area is 128 Å². The van der Waals surface area contributed by atoms with Gasteiger partial charge in [-0.15, -0.1) is 0 Å². The zero-order chi connectivity index (χ0) is 15.4. The maximum atomic E-state index is 4.09. The van der Waals surface area contributed by atoms with E-state index in [1.165, 1.54) is 47.5 Å². The molecule has 0 spiro atoms. The third kappa shape index (κ3) is 2.07. The van der Waals surface area contributed by atoms with Gasteiger partial charge in [0.25, 0.3) is 0 Å². The molecule has 116 valence electrons. The van der Waals surface area contributed by atoms with Gasteiger partial charge in [0.15, 0.2) is 0 Å². The molecule has 3 rings (SSSR count). The van der Waals surface area contributed by atoms with Crippen molar-refractivity contribution in [1.82, 2.24) is 5.32 Å². The monoisotopic (exact) mass is 303 g/mol. The standard InChI is InChI=1S/C19H29NS/c1-6-21(4,5)11-7-8-17-12-16(15(2)20-3)9-10-18(17)13-19(21)14-21/h9-10,12,14,20H,2,6-8,11,13H2,1,3-5H3. The minimum absolute atomic E-state index is 1.01. The van der Waals surface area contributed by atoms with Crippen molar-refractivity contribution in [1.29, 1.82) is 0 Å². The van der Waals surface area contributed by atoms with Crippen molar-refractivity contribution < 1.29 is 0 Å². The Bertz CT molecular complexity index is 681. The van der Waals surface area contributed by atoms with Crippen molar-refractivity contribution >= 4 is 14.0 Å². The Morgan fingerprint density at radius 1 is 1.29 bits per heavy atom. The van der Waals surface area contributed by atoms with Crippen LogP contribution in [-0.2, 0) is 12.8 Å². The van der Waals surface area contributed by atoms with E-state index in [0.29, 0.717) is 0 Å². The number of nitrogens with one attached hydrogen (secondary N) is 1. The minimum atomic E-state index is -1.89. The number of benzene rings is 1. The van der Waals surface area contributed by atoms with E-state index in [-0.39, 0.29) is 0 Å². The highest BCUT2D eigenvalue weighted by Gasteiger charge is 2.61. The number of allylic oxidation sites excluding steroid dienone is 1. The molecular weight excluding hydrogens is 274 g/mol. The van der Waals surface area contributed by atoms with Gasteiger partial charge in [-0.25, -0.2) is 8.29 Å². The first kappa shape index (κ1) is 14.8. The molecule has 0 fully saturated rings. The summed E-state index contributed by atoms with van der Waals surface area (Å²) in [6.45, 7) is 6.48. The van der Waals surface area contributed by atoms with Crippen LogP contribution in [0.1, 0.15) is 30.0 Å². The highest BCUT2D eigenvalue weighted by molar-refractivity contribution is 8.72. The Morgan fingerprint density at radius 2 is 2.05 bits per heavy atom. The molecule has 2 heteroatoms. The van der Waals surface area contributed by atoms with E-state index >= 15 is 0 Å². The molecule has 1 nitrogen and oxygen atoms in total. The molecule has 0 saturated heterocycles. The van der Waals surface area contributed by atoms with Gasteiger partial charge in [-0.2, -0.15) is 0 Å². The van der Waals surface area contributed by atoms with Gasteiger partial charge < -0.3 is 5.32 Å². The molecule has 0 bridgehead atoms. The van der Waals surface area contributed by atoms with Gasteiger partial charge in [0.2, 0.25) is 0 Å². The summed E-state index contributed by atoms with van der Waals surface area (Å²) in [6.07, 6.45) is 8.88. The SMILES string of the molecule is C=C(NC)c1ccc2c(c1)CCCS1(C)(C)(CC)C=C1C2. The third-order valence-corrected chi connectivity index (χ3v) is 13.6. The van der Waals surface area contributed by atoms with Crippen LogP contribution in [-0.4, -0.2) is 31.1 Å². The summed E-state index contributed by atoms with van der Waals surface area (Å²) in [5, 5.41) is 5.84. The fourth-order valence-corrected chi connectivity index (χ4v) is 9.01. The predicted molar refractivity (Wildman–Crippen MR) is 99.5 cm³/mol. The summed E-state index contributed by atoms with van der Waals surface area (Å²) < 4.78 is 0. The highest BCUT2D eigenvalue weighted by atomic mass is 32.4. The number of hydrogen-bond acceptors (Lipinski definition) is 1. The van der Waals surface area contributed by atoms with E-state index in [2.05, 4.69) is 54.9 Å². The first-order valence-corrected chi connectivity index (χ1v) is 11.6. The molecule has 0 unspecified atom stereocenters. The van der Waals surface area contributed by atoms with Crippen LogP contribution in [0.15, 0.2) is 35.1 Å². The molecule has 0 amide bonds. The molecule has 0 aromatic heterocycles. The second-order valence-electron chi connectivity index (χ2n) is 7.96. The van der Waals surface area contributed by atoms with Gasteiger partial charge in [-0.1, -0.05) is 25.6 Å². The van der Waals surface area contributed by atoms with Crippen LogP contribution < -0.4 is 5.32 Å². The summed E-state index contributed by atoms with van der Waals surface area (Å²) in [5.74, 6) is 2.72. The number of fused-ring (bicyclic) bond motifs is 2. The number of rotatable bonds is 3. The third-order valence-electron chi connectivity index (χ3n) is 6.26. The Kier molecular flexibility index (Phi) is 2.80. The fourth-order valence-electron chi connectivity index (χ4n) is 3.78. The van der Waals surface area contributed by atoms with E-state index in [4.69, 9.17) is 0 Å². The van der Waals surface area contributed by atoms with Crippen LogP contribution in [0.25, 0.3) is 5.70 Å². The van der Waals surface area contributed by atoms with E-state index in [0.717, 1.165) is 5.70 Å². The lowest BCUT2D eigenvalue weighted by Crippen LogP contribution is -2.29. The molecule has 2 aliphatic rings. The lowest BCUT2D eigenvalue weighted by atomic mass is 9.97. The predicted octanol–water partition coefficient (Wildman–Crippen LogP) is 4.38. The van der Waals surface area contributed by atoms with Crippen LogP contribution in [0.2, 0.25) is 0 Å². The maximum absolute atomic E-state index is 4.09. The molecule has 0 atom stereocenters. The second-order valence-corrected chi connectivity index (χ2v) is 16.5. The summed E-state index contributed by atoms with van der Waals surface area (Å²) in [4.78, 5) is 1.76. The number of hydrogen-bond donors (Lipinski definition) is 1. The summed E-state index contributed by atoms with van der Waals surface area (Å²) in [7, 11) is 0.0486. The second kappa shape index (κ2) is 3.98. The molecule has 21 heavy (non-hydrogen) atoms. The van der Waals surface area contributed by atoms with E-state index in [1.807, 2.05) is 7.05 Å². The Hall–Kier alpha value is -1.15. The molecule has 0 radical (unpaired) electrons. The topological polar surface area (TPSA) is 12.0 Å². The lowest BCUT2D eigenvalue weighted by molar-refractivity contribution is 0.897. The first-order chi connectivity index (χ1) is 9.75. The summed E-state index contributed by atoms with van der Waals surface area (Å²) >= 11 is 0. The average Bonchev–Trinajstić information content (AvgIpc) is 2.97. The van der Waals surface area contributed by atoms with Crippen molar-refractivity contribution in [3.05, 3.63) is 51.8 Å². The van der Waals surface area contributed by atoms with Crippen molar-refractivity contribution in [2.24, 2.45) is 0 Å². The quantitative estimate of drug-likeness (QED) is 0.874.